The summed E-state index contributed by atoms with van der Waals surface area (Å²) >= 11 is 5.35. The molecule has 0 aliphatic heterocycles. The molecular formula is C6HBr2F2NO2. The van der Waals surface area contributed by atoms with Gasteiger partial charge in [-0.05, 0) is 37.9 Å². The Hall–Kier alpha value is -0.560. The summed E-state index contributed by atoms with van der Waals surface area (Å²) in [6.45, 7) is 0. The summed E-state index contributed by atoms with van der Waals surface area (Å²) in [5, 5.41) is 10.4. The largest absolute Gasteiger partial charge is 0.300 e. The first kappa shape index (κ1) is 10.5. The highest BCUT2D eigenvalue weighted by Crippen LogP contribution is 2.36. The van der Waals surface area contributed by atoms with Crippen LogP contribution in [0.15, 0.2) is 15.0 Å². The molecule has 0 bridgehead atoms. The number of nitrogens with zero attached hydrogens (tertiary/aromatic N) is 1. The first-order valence-corrected chi connectivity index (χ1v) is 4.51. The van der Waals surface area contributed by atoms with Crippen molar-refractivity contribution in [1.82, 2.24) is 0 Å². The van der Waals surface area contributed by atoms with Crippen LogP contribution in [0.5, 0.6) is 0 Å². The molecule has 0 spiro atoms. The summed E-state index contributed by atoms with van der Waals surface area (Å²) in [5.41, 5.74) is -0.529. The predicted octanol–water partition coefficient (Wildman–Crippen LogP) is 3.40. The molecule has 0 saturated carbocycles. The van der Waals surface area contributed by atoms with E-state index in [1.807, 2.05) is 0 Å². The van der Waals surface area contributed by atoms with E-state index < -0.39 is 26.7 Å². The van der Waals surface area contributed by atoms with Gasteiger partial charge in [-0.15, -0.1) is 0 Å². The molecule has 0 fully saturated rings. The molecule has 1 aromatic rings. The van der Waals surface area contributed by atoms with E-state index in [9.17, 15) is 18.9 Å². The number of nitro benzene ring substituents is 1. The summed E-state index contributed by atoms with van der Waals surface area (Å²) in [5.74, 6) is -2.42. The van der Waals surface area contributed by atoms with Crippen LogP contribution in [-0.4, -0.2) is 4.92 Å². The maximum Gasteiger partial charge on any atom is 0.300 e. The third kappa shape index (κ3) is 1.86. The van der Waals surface area contributed by atoms with Crippen molar-refractivity contribution in [3.63, 3.8) is 0 Å². The molecule has 0 radical (unpaired) electrons. The van der Waals surface area contributed by atoms with Gasteiger partial charge in [-0.3, -0.25) is 10.1 Å². The van der Waals surface area contributed by atoms with Crippen LogP contribution < -0.4 is 0 Å². The maximum absolute atomic E-state index is 12.8. The van der Waals surface area contributed by atoms with Gasteiger partial charge in [-0.2, -0.15) is 0 Å². The fourth-order valence-electron chi connectivity index (χ4n) is 0.724. The van der Waals surface area contributed by atoms with Gasteiger partial charge in [0.15, 0.2) is 11.6 Å². The SMILES string of the molecule is O=[N+]([O-])c1c(Br)cc(F)c(F)c1Br. The zero-order chi connectivity index (χ0) is 10.2. The van der Waals surface area contributed by atoms with Crippen molar-refractivity contribution in [1.29, 1.82) is 0 Å². The number of hydrogen-bond donors (Lipinski definition) is 0. The quantitative estimate of drug-likeness (QED) is 0.345. The van der Waals surface area contributed by atoms with E-state index in [2.05, 4.69) is 31.9 Å². The van der Waals surface area contributed by atoms with Crippen LogP contribution in [0, 0.1) is 21.7 Å². The molecule has 0 atom stereocenters. The lowest BCUT2D eigenvalue weighted by molar-refractivity contribution is -0.386. The molecule has 0 saturated heterocycles. The number of hydrogen-bond acceptors (Lipinski definition) is 2. The molecule has 0 unspecified atom stereocenters. The Morgan fingerprint density at radius 1 is 1.38 bits per heavy atom. The van der Waals surface area contributed by atoms with Crippen LogP contribution in [0.25, 0.3) is 0 Å². The molecule has 0 aliphatic carbocycles. The Morgan fingerprint density at radius 3 is 2.38 bits per heavy atom. The van der Waals surface area contributed by atoms with Crippen LogP contribution in [0.2, 0.25) is 0 Å². The van der Waals surface area contributed by atoms with Gasteiger partial charge in [-0.1, -0.05) is 0 Å². The zero-order valence-electron chi connectivity index (χ0n) is 5.85. The van der Waals surface area contributed by atoms with Gasteiger partial charge in [0.25, 0.3) is 0 Å². The van der Waals surface area contributed by atoms with Crippen LogP contribution in [-0.2, 0) is 0 Å². The van der Waals surface area contributed by atoms with Crippen LogP contribution in [0.3, 0.4) is 0 Å². The third-order valence-electron chi connectivity index (χ3n) is 1.27. The Bertz CT molecular complexity index is 383. The van der Waals surface area contributed by atoms with Gasteiger partial charge >= 0.3 is 5.69 Å². The van der Waals surface area contributed by atoms with E-state index in [1.54, 1.807) is 0 Å². The van der Waals surface area contributed by atoms with E-state index in [1.165, 1.54) is 0 Å². The van der Waals surface area contributed by atoms with E-state index >= 15 is 0 Å². The highest BCUT2D eigenvalue weighted by molar-refractivity contribution is 9.11. The van der Waals surface area contributed by atoms with Crippen LogP contribution >= 0.6 is 31.9 Å². The van der Waals surface area contributed by atoms with Gasteiger partial charge in [0.2, 0.25) is 0 Å². The molecule has 0 heterocycles. The van der Waals surface area contributed by atoms with Crippen molar-refractivity contribution in [2.24, 2.45) is 0 Å². The lowest BCUT2D eigenvalue weighted by Crippen LogP contribution is -1.96. The molecule has 70 valence electrons. The molecule has 0 aromatic heterocycles. The number of halogens is 4. The molecule has 0 amide bonds. The highest BCUT2D eigenvalue weighted by Gasteiger charge is 2.23. The minimum atomic E-state index is -1.27. The molecule has 1 rings (SSSR count). The Morgan fingerprint density at radius 2 is 1.92 bits per heavy atom. The Balaban J connectivity index is 3.53. The van der Waals surface area contributed by atoms with Crippen molar-refractivity contribution in [2.45, 2.75) is 0 Å². The highest BCUT2D eigenvalue weighted by atomic mass is 79.9. The minimum absolute atomic E-state index is 0.108. The monoisotopic (exact) mass is 315 g/mol. The summed E-state index contributed by atoms with van der Waals surface area (Å²) in [6.07, 6.45) is 0. The van der Waals surface area contributed by atoms with Crippen molar-refractivity contribution < 1.29 is 13.7 Å². The number of rotatable bonds is 1. The number of nitro groups is 1. The summed E-state index contributed by atoms with van der Waals surface area (Å²) in [4.78, 5) is 9.55. The summed E-state index contributed by atoms with van der Waals surface area (Å²) in [6, 6.07) is 0.707. The van der Waals surface area contributed by atoms with Gasteiger partial charge in [-0.25, -0.2) is 8.78 Å². The molecule has 0 aliphatic rings. The first-order valence-electron chi connectivity index (χ1n) is 2.92. The maximum atomic E-state index is 12.8. The average Bonchev–Trinajstić information content (AvgIpc) is 1.99. The molecule has 1 aromatic carbocycles. The van der Waals surface area contributed by atoms with E-state index in [0.717, 1.165) is 0 Å². The van der Waals surface area contributed by atoms with Crippen molar-refractivity contribution in [3.8, 4) is 0 Å². The minimum Gasteiger partial charge on any atom is -0.258 e. The summed E-state index contributed by atoms with van der Waals surface area (Å²) < 4.78 is 24.8. The van der Waals surface area contributed by atoms with Crippen molar-refractivity contribution >= 4 is 37.5 Å². The molecular weight excluding hydrogens is 316 g/mol. The third-order valence-corrected chi connectivity index (χ3v) is 2.60. The van der Waals surface area contributed by atoms with Gasteiger partial charge < -0.3 is 0 Å². The lowest BCUT2D eigenvalue weighted by atomic mass is 10.3. The standard InChI is InChI=1S/C6HBr2F2NO2/c7-2-1-3(9)5(10)4(8)6(2)11(12)13/h1H. The number of benzene rings is 1. The Kier molecular flexibility index (Phi) is 2.97. The molecule has 0 N–H and O–H groups in total. The Labute approximate surface area is 88.2 Å². The lowest BCUT2D eigenvalue weighted by Gasteiger charge is -2.00. The second-order valence-electron chi connectivity index (χ2n) is 2.07. The van der Waals surface area contributed by atoms with E-state index in [0.29, 0.717) is 6.07 Å². The second-order valence-corrected chi connectivity index (χ2v) is 3.72. The van der Waals surface area contributed by atoms with E-state index in [-0.39, 0.29) is 4.47 Å². The van der Waals surface area contributed by atoms with Gasteiger partial charge in [0.05, 0.1) is 9.40 Å². The fourth-order valence-corrected chi connectivity index (χ4v) is 2.08. The fraction of sp³-hybridized carbons (Fsp3) is 0. The first-order chi connectivity index (χ1) is 5.95. The smallest absolute Gasteiger partial charge is 0.258 e. The van der Waals surface area contributed by atoms with Crippen molar-refractivity contribution in [3.05, 3.63) is 36.8 Å². The van der Waals surface area contributed by atoms with Crippen LogP contribution in [0.4, 0.5) is 14.5 Å². The van der Waals surface area contributed by atoms with Crippen LogP contribution in [0.1, 0.15) is 0 Å². The topological polar surface area (TPSA) is 43.1 Å². The average molecular weight is 317 g/mol. The molecule has 3 nitrogen and oxygen atoms in total. The summed E-state index contributed by atoms with van der Waals surface area (Å²) in [7, 11) is 0. The molecule has 13 heavy (non-hydrogen) atoms. The zero-order valence-corrected chi connectivity index (χ0v) is 9.02. The second kappa shape index (κ2) is 3.67. The molecule has 7 heteroatoms. The van der Waals surface area contributed by atoms with E-state index in [4.69, 9.17) is 0 Å². The normalized spacial score (nSPS) is 10.2. The van der Waals surface area contributed by atoms with Gasteiger partial charge in [0.1, 0.15) is 4.47 Å². The predicted molar refractivity (Wildman–Crippen MR) is 48.4 cm³/mol. The van der Waals surface area contributed by atoms with Crippen molar-refractivity contribution in [2.75, 3.05) is 0 Å². The van der Waals surface area contributed by atoms with Gasteiger partial charge in [0, 0.05) is 0 Å².